The first-order valence-electron chi connectivity index (χ1n) is 22.8. The lowest BCUT2D eigenvalue weighted by Crippen LogP contribution is -2.42. The molecule has 0 aliphatic rings. The fourth-order valence-corrected chi connectivity index (χ4v) is 7.12. The van der Waals surface area contributed by atoms with Crippen LogP contribution in [0.3, 0.4) is 0 Å². The van der Waals surface area contributed by atoms with Gasteiger partial charge in [0.1, 0.15) is 6.10 Å². The molecule has 5 heteroatoms. The smallest absolute Gasteiger partial charge is 0.306 e. The van der Waals surface area contributed by atoms with Gasteiger partial charge in [-0.25, -0.2) is 0 Å². The van der Waals surface area contributed by atoms with E-state index >= 15 is 0 Å². The van der Waals surface area contributed by atoms with Gasteiger partial charge >= 0.3 is 11.9 Å². The van der Waals surface area contributed by atoms with Crippen LogP contribution in [-0.4, -0.2) is 48.2 Å². The summed E-state index contributed by atoms with van der Waals surface area (Å²) in [6.07, 6.45) is 39.1. The van der Waals surface area contributed by atoms with Crippen molar-refractivity contribution in [3.05, 3.63) is 0 Å². The maximum atomic E-state index is 12.7. The minimum Gasteiger partial charge on any atom is -0.466 e. The van der Waals surface area contributed by atoms with Gasteiger partial charge in [-0.1, -0.05) is 162 Å². The predicted octanol–water partition coefficient (Wildman–Crippen LogP) is 14.5. The number of unbranched alkanes of at least 4 members (excludes halogenated alkanes) is 24. The molecule has 0 aromatic heterocycles. The molecule has 0 radical (unpaired) electrons. The van der Waals surface area contributed by atoms with E-state index in [0.717, 1.165) is 58.0 Å². The second-order valence-corrected chi connectivity index (χ2v) is 16.8. The SMILES string of the molecule is CCCCCCCCCOC(=O)CCCCCCCN(CCCCCCCC(=O)OC(CCCCCCCC)CCCCCCCC)C(C)(C)C. The lowest BCUT2D eigenvalue weighted by molar-refractivity contribution is -0.150. The molecule has 0 aliphatic heterocycles. The Morgan fingerprint density at radius 3 is 1.24 bits per heavy atom. The number of nitrogens with zero attached hydrogens (tertiary/aromatic N) is 1. The summed E-state index contributed by atoms with van der Waals surface area (Å²) < 4.78 is 11.5. The average molecular weight is 722 g/mol. The minimum absolute atomic E-state index is 0.00827. The summed E-state index contributed by atoms with van der Waals surface area (Å²) in [4.78, 5) is 27.4. The molecular weight excluding hydrogens is 631 g/mol. The number of rotatable bonds is 39. The minimum atomic E-state index is -0.00827. The van der Waals surface area contributed by atoms with Gasteiger partial charge in [-0.05, 0) is 91.6 Å². The zero-order valence-corrected chi connectivity index (χ0v) is 35.6. The van der Waals surface area contributed by atoms with Gasteiger partial charge in [0.05, 0.1) is 6.61 Å². The normalized spacial score (nSPS) is 11.9. The molecule has 0 spiro atoms. The molecule has 0 bridgehead atoms. The van der Waals surface area contributed by atoms with Crippen molar-refractivity contribution in [1.82, 2.24) is 4.90 Å². The lowest BCUT2D eigenvalue weighted by atomic mass is 10.0. The number of esters is 2. The van der Waals surface area contributed by atoms with E-state index in [2.05, 4.69) is 46.4 Å². The quantitative estimate of drug-likeness (QED) is 0.0467. The van der Waals surface area contributed by atoms with Crippen LogP contribution in [0.1, 0.15) is 253 Å². The van der Waals surface area contributed by atoms with Crippen molar-refractivity contribution in [2.24, 2.45) is 0 Å². The van der Waals surface area contributed by atoms with Crippen LogP contribution in [0.2, 0.25) is 0 Å². The molecule has 0 rings (SSSR count). The third kappa shape index (κ3) is 35.7. The monoisotopic (exact) mass is 722 g/mol. The Balaban J connectivity index is 4.06. The summed E-state index contributed by atoms with van der Waals surface area (Å²) in [7, 11) is 0. The number of carbonyl (C=O) groups excluding carboxylic acids is 2. The van der Waals surface area contributed by atoms with Gasteiger partial charge in [0, 0.05) is 18.4 Å². The van der Waals surface area contributed by atoms with Gasteiger partial charge < -0.3 is 9.47 Å². The van der Waals surface area contributed by atoms with Crippen LogP contribution in [-0.2, 0) is 19.1 Å². The predicted molar refractivity (Wildman–Crippen MR) is 222 cm³/mol. The molecule has 0 saturated carbocycles. The second kappa shape index (κ2) is 37.2. The third-order valence-corrected chi connectivity index (χ3v) is 10.6. The van der Waals surface area contributed by atoms with Crippen molar-refractivity contribution < 1.29 is 19.1 Å². The van der Waals surface area contributed by atoms with E-state index in [4.69, 9.17) is 9.47 Å². The third-order valence-electron chi connectivity index (χ3n) is 10.6. The summed E-state index contributed by atoms with van der Waals surface area (Å²) in [6, 6.07) is 0. The highest BCUT2D eigenvalue weighted by Gasteiger charge is 2.20. The van der Waals surface area contributed by atoms with Crippen molar-refractivity contribution in [2.75, 3.05) is 19.7 Å². The maximum absolute atomic E-state index is 12.7. The molecule has 0 unspecified atom stereocenters. The Bertz CT molecular complexity index is 732. The summed E-state index contributed by atoms with van der Waals surface area (Å²) in [5.41, 5.74) is 0.185. The molecule has 0 fully saturated rings. The molecule has 0 aromatic rings. The molecule has 304 valence electrons. The number of hydrogen-bond acceptors (Lipinski definition) is 5. The Kier molecular flexibility index (Phi) is 36.4. The Morgan fingerprint density at radius 1 is 0.451 bits per heavy atom. The fourth-order valence-electron chi connectivity index (χ4n) is 7.12. The highest BCUT2D eigenvalue weighted by atomic mass is 16.5. The highest BCUT2D eigenvalue weighted by Crippen LogP contribution is 2.20. The Morgan fingerprint density at radius 2 is 0.804 bits per heavy atom. The highest BCUT2D eigenvalue weighted by molar-refractivity contribution is 5.69. The van der Waals surface area contributed by atoms with Crippen LogP contribution in [0, 0.1) is 0 Å². The van der Waals surface area contributed by atoms with Gasteiger partial charge in [-0.2, -0.15) is 0 Å². The molecule has 0 atom stereocenters. The van der Waals surface area contributed by atoms with E-state index in [1.165, 1.54) is 154 Å². The van der Waals surface area contributed by atoms with Gasteiger partial charge in [0.15, 0.2) is 0 Å². The largest absolute Gasteiger partial charge is 0.466 e. The van der Waals surface area contributed by atoms with Gasteiger partial charge in [0.2, 0.25) is 0 Å². The Labute approximate surface area is 319 Å². The van der Waals surface area contributed by atoms with Gasteiger partial charge in [-0.15, -0.1) is 0 Å². The number of ether oxygens (including phenoxy) is 2. The molecule has 0 saturated heterocycles. The van der Waals surface area contributed by atoms with Crippen LogP contribution in [0.25, 0.3) is 0 Å². The van der Waals surface area contributed by atoms with E-state index in [1.54, 1.807) is 0 Å². The van der Waals surface area contributed by atoms with Crippen molar-refractivity contribution in [3.8, 4) is 0 Å². The van der Waals surface area contributed by atoms with Crippen molar-refractivity contribution in [3.63, 3.8) is 0 Å². The molecule has 0 aliphatic carbocycles. The molecule has 51 heavy (non-hydrogen) atoms. The Hall–Kier alpha value is -1.10. The first-order valence-corrected chi connectivity index (χ1v) is 22.8. The van der Waals surface area contributed by atoms with Crippen LogP contribution in [0.15, 0.2) is 0 Å². The van der Waals surface area contributed by atoms with Crippen LogP contribution < -0.4 is 0 Å². The van der Waals surface area contributed by atoms with Crippen LogP contribution >= 0.6 is 0 Å². The van der Waals surface area contributed by atoms with Crippen LogP contribution in [0.5, 0.6) is 0 Å². The van der Waals surface area contributed by atoms with Gasteiger partial charge in [-0.3, -0.25) is 14.5 Å². The summed E-state index contributed by atoms with van der Waals surface area (Å²) >= 11 is 0. The summed E-state index contributed by atoms with van der Waals surface area (Å²) in [5, 5.41) is 0. The zero-order chi connectivity index (χ0) is 37.7. The van der Waals surface area contributed by atoms with Crippen LogP contribution in [0.4, 0.5) is 0 Å². The maximum Gasteiger partial charge on any atom is 0.306 e. The number of carbonyl (C=O) groups is 2. The summed E-state index contributed by atoms with van der Waals surface area (Å²) in [5.74, 6) is 0.0284. The van der Waals surface area contributed by atoms with E-state index in [9.17, 15) is 9.59 Å². The van der Waals surface area contributed by atoms with Gasteiger partial charge in [0.25, 0.3) is 0 Å². The summed E-state index contributed by atoms with van der Waals surface area (Å²) in [6.45, 7) is 16.7. The number of hydrogen-bond donors (Lipinski definition) is 0. The molecule has 0 amide bonds. The molecular formula is C46H91NO4. The first kappa shape index (κ1) is 49.9. The van der Waals surface area contributed by atoms with Crippen molar-refractivity contribution in [1.29, 1.82) is 0 Å². The van der Waals surface area contributed by atoms with E-state index in [-0.39, 0.29) is 23.6 Å². The lowest BCUT2D eigenvalue weighted by Gasteiger charge is -2.36. The van der Waals surface area contributed by atoms with E-state index in [1.807, 2.05) is 0 Å². The molecule has 0 aromatic carbocycles. The molecule has 5 nitrogen and oxygen atoms in total. The molecule has 0 heterocycles. The average Bonchev–Trinajstić information content (AvgIpc) is 3.09. The first-order chi connectivity index (χ1) is 24.7. The van der Waals surface area contributed by atoms with E-state index < -0.39 is 0 Å². The topological polar surface area (TPSA) is 55.8 Å². The fraction of sp³-hybridized carbons (Fsp3) is 0.957. The van der Waals surface area contributed by atoms with Crippen molar-refractivity contribution in [2.45, 2.75) is 265 Å². The standard InChI is InChI=1S/C46H91NO4/c1-7-10-13-16-19-28-35-42-50-44(48)38-31-24-20-26-33-40-47(46(4,5)6)41-34-27-21-25-32-39-45(49)51-43(36-29-22-17-14-11-8-2)37-30-23-18-15-12-9-3/h43H,7-42H2,1-6H3. The second-order valence-electron chi connectivity index (χ2n) is 16.8. The van der Waals surface area contributed by atoms with E-state index in [0.29, 0.717) is 19.4 Å². The zero-order valence-electron chi connectivity index (χ0n) is 35.6. The molecule has 0 N–H and O–H groups in total. The van der Waals surface area contributed by atoms with Crippen molar-refractivity contribution >= 4 is 11.9 Å².